The van der Waals surface area contributed by atoms with Gasteiger partial charge in [-0.15, -0.1) is 0 Å². The fraction of sp³-hybridized carbons (Fsp3) is 0.800. The van der Waals surface area contributed by atoms with E-state index in [9.17, 15) is 9.59 Å². The summed E-state index contributed by atoms with van der Waals surface area (Å²) < 4.78 is 4.75. The Labute approximate surface area is 86.2 Å². The molecule has 4 heteroatoms. The highest BCUT2D eigenvalue weighted by molar-refractivity contribution is 6.04. The molecule has 1 aliphatic heterocycles. The van der Waals surface area contributed by atoms with E-state index in [0.29, 0.717) is 0 Å². The zero-order valence-electron chi connectivity index (χ0n) is 9.96. The predicted molar refractivity (Wildman–Crippen MR) is 55.9 cm³/mol. The van der Waals surface area contributed by atoms with E-state index in [4.69, 9.17) is 4.74 Å². The van der Waals surface area contributed by atoms with E-state index in [1.807, 2.05) is 27.7 Å². The van der Waals surface area contributed by atoms with E-state index < -0.39 is 6.10 Å². The number of nitrogens with zero attached hydrogens (tertiary/aromatic N) is 1. The quantitative estimate of drug-likeness (QED) is 0.606. The topological polar surface area (TPSA) is 46.6 Å². The molecule has 4 nitrogen and oxygen atoms in total. The summed E-state index contributed by atoms with van der Waals surface area (Å²) in [6, 6.07) is 0. The molecule has 1 aliphatic rings. The van der Waals surface area contributed by atoms with E-state index in [-0.39, 0.29) is 18.2 Å². The minimum absolute atomic E-state index is 0.170. The number of rotatable bonds is 1. The molecule has 84 valence electrons. The summed E-state index contributed by atoms with van der Waals surface area (Å²) in [6.45, 7) is 8.00. The molecule has 1 heterocycles. The van der Waals surface area contributed by atoms with E-state index in [0.717, 1.165) is 4.90 Å². The summed E-state index contributed by atoms with van der Waals surface area (Å²) >= 11 is 0. The lowest BCUT2D eigenvalue weighted by atomic mass is 10.3. The normalized spacial score (nSPS) is 19.6. The number of amides is 2. The SMILES string of the molecule is CC.CC.COC1CC(=O)N(C)C1=O. The molecule has 1 saturated heterocycles. The number of ether oxygens (including phenoxy) is 1. The Morgan fingerprint density at radius 1 is 1.21 bits per heavy atom. The monoisotopic (exact) mass is 203 g/mol. The summed E-state index contributed by atoms with van der Waals surface area (Å²) in [5, 5.41) is 0. The van der Waals surface area contributed by atoms with Crippen molar-refractivity contribution in [3.63, 3.8) is 0 Å². The van der Waals surface area contributed by atoms with Crippen molar-refractivity contribution in [3.05, 3.63) is 0 Å². The van der Waals surface area contributed by atoms with Gasteiger partial charge in [0.2, 0.25) is 5.91 Å². The smallest absolute Gasteiger partial charge is 0.258 e. The fourth-order valence-corrected chi connectivity index (χ4v) is 0.906. The van der Waals surface area contributed by atoms with Gasteiger partial charge in [0.05, 0.1) is 6.42 Å². The van der Waals surface area contributed by atoms with Crippen molar-refractivity contribution < 1.29 is 14.3 Å². The van der Waals surface area contributed by atoms with Crippen molar-refractivity contribution in [1.82, 2.24) is 4.90 Å². The Morgan fingerprint density at radius 3 is 1.79 bits per heavy atom. The Kier molecular flexibility index (Phi) is 9.66. The lowest BCUT2D eigenvalue weighted by molar-refractivity contribution is -0.139. The Balaban J connectivity index is 0. The molecule has 0 spiro atoms. The summed E-state index contributed by atoms with van der Waals surface area (Å²) in [7, 11) is 2.89. The van der Waals surface area contributed by atoms with Crippen LogP contribution in [0.1, 0.15) is 34.1 Å². The summed E-state index contributed by atoms with van der Waals surface area (Å²) in [5.74, 6) is -0.413. The van der Waals surface area contributed by atoms with Crippen molar-refractivity contribution in [1.29, 1.82) is 0 Å². The third-order valence-corrected chi connectivity index (χ3v) is 1.62. The zero-order chi connectivity index (χ0) is 11.7. The molecule has 2 amide bonds. The molecule has 1 unspecified atom stereocenters. The third kappa shape index (κ3) is 3.87. The molecule has 0 N–H and O–H groups in total. The van der Waals surface area contributed by atoms with Crippen LogP contribution < -0.4 is 0 Å². The van der Waals surface area contributed by atoms with Gasteiger partial charge >= 0.3 is 0 Å². The molecule has 1 atom stereocenters. The zero-order valence-corrected chi connectivity index (χ0v) is 9.96. The maximum Gasteiger partial charge on any atom is 0.258 e. The van der Waals surface area contributed by atoms with Gasteiger partial charge in [-0.05, 0) is 0 Å². The number of likely N-dealkylation sites (tertiary alicyclic amines) is 1. The number of carbonyl (C=O) groups is 2. The average Bonchev–Trinajstić information content (AvgIpc) is 2.51. The van der Waals surface area contributed by atoms with Gasteiger partial charge in [-0.25, -0.2) is 0 Å². The highest BCUT2D eigenvalue weighted by Crippen LogP contribution is 2.12. The van der Waals surface area contributed by atoms with Crippen LogP contribution in [0.25, 0.3) is 0 Å². The molecule has 0 aromatic carbocycles. The molecule has 0 bridgehead atoms. The van der Waals surface area contributed by atoms with Crippen molar-refractivity contribution >= 4 is 11.8 Å². The number of methoxy groups -OCH3 is 1. The van der Waals surface area contributed by atoms with Crippen LogP contribution in [0.5, 0.6) is 0 Å². The van der Waals surface area contributed by atoms with Crippen LogP contribution in [0.2, 0.25) is 0 Å². The van der Waals surface area contributed by atoms with E-state index in [1.165, 1.54) is 14.2 Å². The molecule has 0 aromatic heterocycles. The van der Waals surface area contributed by atoms with Crippen LogP contribution in [-0.4, -0.2) is 37.0 Å². The number of carbonyl (C=O) groups excluding carboxylic acids is 2. The summed E-state index contributed by atoms with van der Waals surface area (Å²) in [6.07, 6.45) is -0.358. The van der Waals surface area contributed by atoms with Crippen LogP contribution in [0.3, 0.4) is 0 Å². The average molecular weight is 203 g/mol. The first-order valence-electron chi connectivity index (χ1n) is 5.00. The lowest BCUT2D eigenvalue weighted by Crippen LogP contribution is -2.28. The molecule has 0 saturated carbocycles. The van der Waals surface area contributed by atoms with Gasteiger partial charge < -0.3 is 4.74 Å². The van der Waals surface area contributed by atoms with Crippen LogP contribution >= 0.6 is 0 Å². The van der Waals surface area contributed by atoms with Gasteiger partial charge in [0.15, 0.2) is 0 Å². The maximum atomic E-state index is 10.9. The number of imide groups is 1. The van der Waals surface area contributed by atoms with Crippen molar-refractivity contribution in [3.8, 4) is 0 Å². The molecule has 0 aliphatic carbocycles. The van der Waals surface area contributed by atoms with Crippen molar-refractivity contribution in [2.24, 2.45) is 0 Å². The summed E-state index contributed by atoms with van der Waals surface area (Å²) in [5.41, 5.74) is 0. The highest BCUT2D eigenvalue weighted by Gasteiger charge is 2.35. The molecular weight excluding hydrogens is 182 g/mol. The Hall–Kier alpha value is -0.900. The standard InChI is InChI=1S/C6H9NO3.2C2H6/c1-7-5(8)3-4(10-2)6(7)9;2*1-2/h4H,3H2,1-2H3;2*1-2H3. The van der Waals surface area contributed by atoms with Gasteiger partial charge in [0.25, 0.3) is 5.91 Å². The Bertz CT molecular complexity index is 180. The van der Waals surface area contributed by atoms with Gasteiger partial charge in [0, 0.05) is 14.2 Å². The number of hydrogen-bond acceptors (Lipinski definition) is 3. The predicted octanol–water partition coefficient (Wildman–Crippen LogP) is 1.44. The largest absolute Gasteiger partial charge is 0.371 e. The first kappa shape index (κ1) is 15.6. The van der Waals surface area contributed by atoms with Crippen LogP contribution in [-0.2, 0) is 14.3 Å². The summed E-state index contributed by atoms with van der Waals surface area (Å²) in [4.78, 5) is 22.8. The van der Waals surface area contributed by atoms with Gasteiger partial charge in [-0.1, -0.05) is 27.7 Å². The van der Waals surface area contributed by atoms with E-state index >= 15 is 0 Å². The van der Waals surface area contributed by atoms with E-state index in [2.05, 4.69) is 0 Å². The number of likely N-dealkylation sites (N-methyl/N-ethyl adjacent to an activating group) is 1. The van der Waals surface area contributed by atoms with Crippen LogP contribution in [0.15, 0.2) is 0 Å². The minimum Gasteiger partial charge on any atom is -0.371 e. The molecular formula is C10H21NO3. The molecule has 1 fully saturated rings. The van der Waals surface area contributed by atoms with Gasteiger partial charge in [-0.3, -0.25) is 14.5 Å². The lowest BCUT2D eigenvalue weighted by Gasteiger charge is -2.05. The molecule has 0 radical (unpaired) electrons. The third-order valence-electron chi connectivity index (χ3n) is 1.62. The highest BCUT2D eigenvalue weighted by atomic mass is 16.5. The van der Waals surface area contributed by atoms with Crippen molar-refractivity contribution in [2.75, 3.05) is 14.2 Å². The van der Waals surface area contributed by atoms with Crippen LogP contribution in [0, 0.1) is 0 Å². The minimum atomic E-state index is -0.544. The second-order valence-corrected chi connectivity index (χ2v) is 2.22. The van der Waals surface area contributed by atoms with Crippen molar-refractivity contribution in [2.45, 2.75) is 40.2 Å². The molecule has 1 rings (SSSR count). The Morgan fingerprint density at radius 2 is 1.64 bits per heavy atom. The first-order chi connectivity index (χ1) is 6.66. The molecule has 0 aromatic rings. The fourth-order valence-electron chi connectivity index (χ4n) is 0.906. The first-order valence-corrected chi connectivity index (χ1v) is 5.00. The maximum absolute atomic E-state index is 10.9. The van der Waals surface area contributed by atoms with E-state index in [1.54, 1.807) is 0 Å². The van der Waals surface area contributed by atoms with Gasteiger partial charge in [-0.2, -0.15) is 0 Å². The van der Waals surface area contributed by atoms with Crippen LogP contribution in [0.4, 0.5) is 0 Å². The molecule has 14 heavy (non-hydrogen) atoms. The second-order valence-electron chi connectivity index (χ2n) is 2.22. The second kappa shape index (κ2) is 8.69. The number of hydrogen-bond donors (Lipinski definition) is 0. The van der Waals surface area contributed by atoms with Gasteiger partial charge in [0.1, 0.15) is 6.10 Å².